The summed E-state index contributed by atoms with van der Waals surface area (Å²) in [5, 5.41) is 0. The molecule has 0 nitrogen and oxygen atoms in total. The molecule has 0 amide bonds. The highest BCUT2D eigenvalue weighted by molar-refractivity contribution is 6.67. The van der Waals surface area contributed by atoms with Crippen molar-refractivity contribution in [3.05, 3.63) is 34.4 Å². The lowest BCUT2D eigenvalue weighted by molar-refractivity contribution is 0.608. The maximum absolute atomic E-state index is 5.93. The molecule has 0 N–H and O–H groups in total. The summed E-state index contributed by atoms with van der Waals surface area (Å²) in [5.74, 6) is 0.308. The lowest BCUT2D eigenvalue weighted by Gasteiger charge is -2.24. The van der Waals surface area contributed by atoms with E-state index in [2.05, 4.69) is 39.8 Å². The third-order valence-electron chi connectivity index (χ3n) is 3.38. The number of rotatable bonds is 3. The van der Waals surface area contributed by atoms with Crippen molar-refractivity contribution in [2.75, 3.05) is 0 Å². The third-order valence-corrected chi connectivity index (χ3v) is 3.85. The minimum atomic E-state index is -1.18. The summed E-state index contributed by atoms with van der Waals surface area (Å²) < 4.78 is -1.18. The summed E-state index contributed by atoms with van der Waals surface area (Å²) in [6.45, 7) is 8.55. The Morgan fingerprint density at radius 3 is 2.06 bits per heavy atom. The van der Waals surface area contributed by atoms with Crippen molar-refractivity contribution in [3.63, 3.8) is 0 Å². The summed E-state index contributed by atoms with van der Waals surface area (Å²) in [7, 11) is 0. The molecule has 0 saturated carbocycles. The molecule has 17 heavy (non-hydrogen) atoms. The SMILES string of the molecule is CCC(CC(Cl)(Cl)Cl)c1c(C)ccc(C)c1C. The van der Waals surface area contributed by atoms with Crippen molar-refractivity contribution in [2.24, 2.45) is 0 Å². The first-order valence-corrected chi connectivity index (χ1v) is 7.03. The molecule has 0 aliphatic rings. The Hall–Kier alpha value is 0.0900. The van der Waals surface area contributed by atoms with Gasteiger partial charge in [-0.1, -0.05) is 53.9 Å². The number of aryl methyl sites for hydroxylation is 2. The van der Waals surface area contributed by atoms with Crippen LogP contribution in [0.15, 0.2) is 12.1 Å². The lowest BCUT2D eigenvalue weighted by atomic mass is 9.85. The molecule has 3 heteroatoms. The zero-order chi connectivity index (χ0) is 13.2. The Morgan fingerprint density at radius 2 is 1.59 bits per heavy atom. The van der Waals surface area contributed by atoms with Crippen LogP contribution < -0.4 is 0 Å². The van der Waals surface area contributed by atoms with E-state index in [9.17, 15) is 0 Å². The molecule has 0 radical (unpaired) electrons. The van der Waals surface area contributed by atoms with E-state index in [-0.39, 0.29) is 0 Å². The summed E-state index contributed by atoms with van der Waals surface area (Å²) in [5.41, 5.74) is 5.26. The Labute approximate surface area is 119 Å². The van der Waals surface area contributed by atoms with Crippen LogP contribution in [-0.2, 0) is 0 Å². The van der Waals surface area contributed by atoms with Crippen LogP contribution in [0, 0.1) is 20.8 Å². The quantitative estimate of drug-likeness (QED) is 0.612. The first-order chi connectivity index (χ1) is 7.76. The Morgan fingerprint density at radius 1 is 1.06 bits per heavy atom. The Balaban J connectivity index is 3.16. The van der Waals surface area contributed by atoms with Gasteiger partial charge in [-0.15, -0.1) is 0 Å². The third kappa shape index (κ3) is 4.05. The lowest BCUT2D eigenvalue weighted by Crippen LogP contribution is -2.12. The average Bonchev–Trinajstić information content (AvgIpc) is 2.21. The van der Waals surface area contributed by atoms with Gasteiger partial charge in [0.15, 0.2) is 3.79 Å². The van der Waals surface area contributed by atoms with Crippen molar-refractivity contribution < 1.29 is 0 Å². The molecule has 1 atom stereocenters. The summed E-state index contributed by atoms with van der Waals surface area (Å²) in [6, 6.07) is 4.30. The van der Waals surface area contributed by atoms with E-state index in [4.69, 9.17) is 34.8 Å². The van der Waals surface area contributed by atoms with Crippen LogP contribution in [0.2, 0.25) is 0 Å². The van der Waals surface area contributed by atoms with Crippen molar-refractivity contribution >= 4 is 34.8 Å². The van der Waals surface area contributed by atoms with Crippen LogP contribution >= 0.6 is 34.8 Å². The topological polar surface area (TPSA) is 0 Å². The van der Waals surface area contributed by atoms with Crippen LogP contribution in [0.5, 0.6) is 0 Å². The minimum absolute atomic E-state index is 0.308. The minimum Gasteiger partial charge on any atom is -0.0837 e. The largest absolute Gasteiger partial charge is 0.191 e. The van der Waals surface area contributed by atoms with E-state index in [0.717, 1.165) is 6.42 Å². The van der Waals surface area contributed by atoms with Crippen molar-refractivity contribution in [1.82, 2.24) is 0 Å². The maximum atomic E-state index is 5.93. The molecule has 1 aromatic rings. The van der Waals surface area contributed by atoms with Gasteiger partial charge in [-0.2, -0.15) is 0 Å². The molecule has 1 aromatic carbocycles. The van der Waals surface area contributed by atoms with Gasteiger partial charge in [0.25, 0.3) is 0 Å². The molecule has 0 heterocycles. The number of benzene rings is 1. The van der Waals surface area contributed by atoms with Crippen LogP contribution in [0.4, 0.5) is 0 Å². The fraction of sp³-hybridized carbons (Fsp3) is 0.571. The number of halogens is 3. The van der Waals surface area contributed by atoms with E-state index in [1.165, 1.54) is 22.3 Å². The molecule has 0 aliphatic heterocycles. The van der Waals surface area contributed by atoms with Crippen LogP contribution in [0.3, 0.4) is 0 Å². The zero-order valence-electron chi connectivity index (χ0n) is 10.8. The predicted octanol–water partition coefficient (Wildman–Crippen LogP) is 5.87. The van der Waals surface area contributed by atoms with Crippen LogP contribution in [0.1, 0.15) is 47.9 Å². The highest BCUT2D eigenvalue weighted by atomic mass is 35.6. The van der Waals surface area contributed by atoms with Crippen molar-refractivity contribution in [2.45, 2.75) is 50.2 Å². The van der Waals surface area contributed by atoms with E-state index in [1.807, 2.05) is 0 Å². The smallest absolute Gasteiger partial charge is 0.0837 e. The molecule has 0 aromatic heterocycles. The molecular weight excluding hydrogens is 275 g/mol. The highest BCUT2D eigenvalue weighted by Gasteiger charge is 2.27. The van der Waals surface area contributed by atoms with Gasteiger partial charge in [0, 0.05) is 6.42 Å². The van der Waals surface area contributed by atoms with E-state index in [1.54, 1.807) is 0 Å². The van der Waals surface area contributed by atoms with Gasteiger partial charge in [-0.3, -0.25) is 0 Å². The second-order valence-corrected chi connectivity index (χ2v) is 7.18. The molecule has 0 saturated heterocycles. The monoisotopic (exact) mass is 292 g/mol. The van der Waals surface area contributed by atoms with Gasteiger partial charge in [-0.05, 0) is 55.4 Å². The van der Waals surface area contributed by atoms with Gasteiger partial charge < -0.3 is 0 Å². The number of hydrogen-bond acceptors (Lipinski definition) is 0. The maximum Gasteiger partial charge on any atom is 0.191 e. The van der Waals surface area contributed by atoms with E-state index in [0.29, 0.717) is 12.3 Å². The van der Waals surface area contributed by atoms with Gasteiger partial charge in [0.2, 0.25) is 0 Å². The highest BCUT2D eigenvalue weighted by Crippen LogP contribution is 2.41. The fourth-order valence-corrected chi connectivity index (χ4v) is 2.89. The first kappa shape index (κ1) is 15.1. The Kier molecular flexibility index (Phi) is 5.19. The molecule has 1 rings (SSSR count). The average molecular weight is 294 g/mol. The second-order valence-electron chi connectivity index (χ2n) is 4.66. The van der Waals surface area contributed by atoms with Gasteiger partial charge in [-0.25, -0.2) is 0 Å². The standard InChI is InChI=1S/C14H19Cl3/c1-5-12(8-14(15,16)17)13-10(3)7-6-9(2)11(13)4/h6-7,12H,5,8H2,1-4H3. The van der Waals surface area contributed by atoms with Gasteiger partial charge >= 0.3 is 0 Å². The predicted molar refractivity (Wildman–Crippen MR) is 78.6 cm³/mol. The van der Waals surface area contributed by atoms with Crippen LogP contribution in [-0.4, -0.2) is 3.79 Å². The normalized spacial score (nSPS) is 13.8. The molecular formula is C14H19Cl3. The van der Waals surface area contributed by atoms with E-state index >= 15 is 0 Å². The van der Waals surface area contributed by atoms with Gasteiger partial charge in [0.05, 0.1) is 0 Å². The molecule has 96 valence electrons. The molecule has 0 aliphatic carbocycles. The van der Waals surface area contributed by atoms with Crippen molar-refractivity contribution in [1.29, 1.82) is 0 Å². The Bertz CT molecular complexity index is 391. The van der Waals surface area contributed by atoms with Crippen molar-refractivity contribution in [3.8, 4) is 0 Å². The fourth-order valence-electron chi connectivity index (χ4n) is 2.33. The summed E-state index contributed by atoms with van der Waals surface area (Å²) >= 11 is 17.8. The summed E-state index contributed by atoms with van der Waals surface area (Å²) in [4.78, 5) is 0. The molecule has 0 fully saturated rings. The second kappa shape index (κ2) is 5.82. The van der Waals surface area contributed by atoms with E-state index < -0.39 is 3.79 Å². The molecule has 1 unspecified atom stereocenters. The molecule has 0 bridgehead atoms. The molecule has 0 spiro atoms. The van der Waals surface area contributed by atoms with Gasteiger partial charge in [0.1, 0.15) is 0 Å². The number of alkyl halides is 3. The number of hydrogen-bond donors (Lipinski definition) is 0. The summed E-state index contributed by atoms with van der Waals surface area (Å²) in [6.07, 6.45) is 1.55. The zero-order valence-corrected chi connectivity index (χ0v) is 13.0. The first-order valence-electron chi connectivity index (χ1n) is 5.89. The van der Waals surface area contributed by atoms with Crippen LogP contribution in [0.25, 0.3) is 0 Å².